The monoisotopic (exact) mass is 303 g/mol. The van der Waals surface area contributed by atoms with Gasteiger partial charge in [-0.05, 0) is 13.1 Å². The van der Waals surface area contributed by atoms with Crippen LogP contribution in [0.4, 0.5) is 0 Å². The van der Waals surface area contributed by atoms with Crippen LogP contribution in [-0.4, -0.2) is 42.0 Å². The summed E-state index contributed by atoms with van der Waals surface area (Å²) in [7, 11) is 0. The fourth-order valence-electron chi connectivity index (χ4n) is 2.05. The Labute approximate surface area is 129 Å². The van der Waals surface area contributed by atoms with Gasteiger partial charge in [-0.15, -0.1) is 11.3 Å². The van der Waals surface area contributed by atoms with Gasteiger partial charge in [0.2, 0.25) is 0 Å². The predicted octanol–water partition coefficient (Wildman–Crippen LogP) is 2.88. The number of nitrogens with one attached hydrogen (secondary N) is 1. The Morgan fingerprint density at radius 2 is 1.95 bits per heavy atom. The molecule has 2 rings (SSSR count). The molecule has 1 aromatic carbocycles. The van der Waals surface area contributed by atoms with E-state index in [1.165, 1.54) is 11.3 Å². The van der Waals surface area contributed by atoms with Crippen molar-refractivity contribution in [3.8, 4) is 10.6 Å². The van der Waals surface area contributed by atoms with Gasteiger partial charge in [-0.25, -0.2) is 4.98 Å². The Balaban J connectivity index is 1.91. The highest BCUT2D eigenvalue weighted by Gasteiger charge is 2.11. The number of hydrogen-bond acceptors (Lipinski definition) is 4. The summed E-state index contributed by atoms with van der Waals surface area (Å²) in [5.74, 6) is -0.0967. The molecule has 0 spiro atoms. The first-order valence-corrected chi connectivity index (χ1v) is 8.14. The first-order valence-electron chi connectivity index (χ1n) is 7.26. The van der Waals surface area contributed by atoms with Crippen LogP contribution in [0.5, 0.6) is 0 Å². The minimum absolute atomic E-state index is 0.0967. The third kappa shape index (κ3) is 4.37. The van der Waals surface area contributed by atoms with Gasteiger partial charge < -0.3 is 10.2 Å². The van der Waals surface area contributed by atoms with Gasteiger partial charge in [-0.3, -0.25) is 4.79 Å². The number of carbonyl (C=O) groups excluding carboxylic acids is 1. The summed E-state index contributed by atoms with van der Waals surface area (Å²) in [4.78, 5) is 18.7. The van der Waals surface area contributed by atoms with Crippen molar-refractivity contribution in [2.45, 2.75) is 13.8 Å². The summed E-state index contributed by atoms with van der Waals surface area (Å²) in [6.07, 6.45) is 0. The maximum atomic E-state index is 12.1. The van der Waals surface area contributed by atoms with E-state index in [0.717, 1.165) is 30.2 Å². The molecule has 1 N–H and O–H groups in total. The van der Waals surface area contributed by atoms with Crippen molar-refractivity contribution in [1.82, 2.24) is 15.2 Å². The second-order valence-electron chi connectivity index (χ2n) is 4.69. The Morgan fingerprint density at radius 3 is 2.62 bits per heavy atom. The Kier molecular flexibility index (Phi) is 5.90. The summed E-state index contributed by atoms with van der Waals surface area (Å²) in [6, 6.07) is 9.92. The normalized spacial score (nSPS) is 10.8. The zero-order valence-corrected chi connectivity index (χ0v) is 13.3. The molecule has 21 heavy (non-hydrogen) atoms. The highest BCUT2D eigenvalue weighted by molar-refractivity contribution is 7.13. The minimum Gasteiger partial charge on any atom is -0.349 e. The summed E-state index contributed by atoms with van der Waals surface area (Å²) in [5.41, 5.74) is 1.54. The van der Waals surface area contributed by atoms with E-state index >= 15 is 0 Å². The standard InChI is InChI=1S/C16H21N3OS/c1-3-19(4-2)11-10-17-15(20)14-12-21-16(18-14)13-8-6-5-7-9-13/h5-9,12H,3-4,10-11H2,1-2H3,(H,17,20). The van der Waals surface area contributed by atoms with E-state index in [2.05, 4.69) is 29.0 Å². The lowest BCUT2D eigenvalue weighted by Gasteiger charge is -2.17. The SMILES string of the molecule is CCN(CC)CCNC(=O)c1csc(-c2ccccc2)n1. The topological polar surface area (TPSA) is 45.2 Å². The smallest absolute Gasteiger partial charge is 0.270 e. The second kappa shape index (κ2) is 7.90. The molecule has 0 saturated heterocycles. The van der Waals surface area contributed by atoms with E-state index in [9.17, 15) is 4.79 Å². The van der Waals surface area contributed by atoms with Crippen LogP contribution in [0.3, 0.4) is 0 Å². The maximum absolute atomic E-state index is 12.1. The molecule has 0 aliphatic carbocycles. The number of aromatic nitrogens is 1. The predicted molar refractivity (Wildman–Crippen MR) is 87.7 cm³/mol. The lowest BCUT2D eigenvalue weighted by atomic mass is 10.2. The molecule has 0 unspecified atom stereocenters. The van der Waals surface area contributed by atoms with Crippen molar-refractivity contribution >= 4 is 17.2 Å². The van der Waals surface area contributed by atoms with E-state index in [1.807, 2.05) is 35.7 Å². The first kappa shape index (κ1) is 15.7. The minimum atomic E-state index is -0.0967. The Bertz CT molecular complexity index is 564. The Hall–Kier alpha value is -1.72. The number of benzene rings is 1. The van der Waals surface area contributed by atoms with E-state index in [-0.39, 0.29) is 5.91 Å². The van der Waals surface area contributed by atoms with E-state index in [4.69, 9.17) is 0 Å². The zero-order valence-electron chi connectivity index (χ0n) is 12.5. The van der Waals surface area contributed by atoms with Crippen molar-refractivity contribution in [3.63, 3.8) is 0 Å². The third-order valence-corrected chi connectivity index (χ3v) is 4.26. The molecule has 5 heteroatoms. The second-order valence-corrected chi connectivity index (χ2v) is 5.54. The molecule has 4 nitrogen and oxygen atoms in total. The zero-order chi connectivity index (χ0) is 15.1. The highest BCUT2D eigenvalue weighted by atomic mass is 32.1. The number of carbonyl (C=O) groups is 1. The van der Waals surface area contributed by atoms with Crippen LogP contribution < -0.4 is 5.32 Å². The summed E-state index contributed by atoms with van der Waals surface area (Å²) >= 11 is 1.50. The summed E-state index contributed by atoms with van der Waals surface area (Å²) in [6.45, 7) is 7.77. The average Bonchev–Trinajstić information content (AvgIpc) is 3.02. The Morgan fingerprint density at radius 1 is 1.24 bits per heavy atom. The van der Waals surface area contributed by atoms with Crippen LogP contribution in [0.2, 0.25) is 0 Å². The molecule has 0 saturated carbocycles. The molecule has 112 valence electrons. The van der Waals surface area contributed by atoms with Crippen LogP contribution in [0.15, 0.2) is 35.7 Å². The number of thiazole rings is 1. The van der Waals surface area contributed by atoms with Gasteiger partial charge in [0.1, 0.15) is 10.7 Å². The molecule has 1 amide bonds. The van der Waals surface area contributed by atoms with Crippen molar-refractivity contribution in [3.05, 3.63) is 41.4 Å². The molecular formula is C16H21N3OS. The van der Waals surface area contributed by atoms with Crippen molar-refractivity contribution in [2.75, 3.05) is 26.2 Å². The number of amides is 1. The van der Waals surface area contributed by atoms with Gasteiger partial charge >= 0.3 is 0 Å². The molecule has 0 aliphatic rings. The molecule has 2 aromatic rings. The fraction of sp³-hybridized carbons (Fsp3) is 0.375. The molecule has 0 radical (unpaired) electrons. The van der Waals surface area contributed by atoms with E-state index < -0.39 is 0 Å². The number of nitrogens with zero attached hydrogens (tertiary/aromatic N) is 2. The van der Waals surface area contributed by atoms with Crippen molar-refractivity contribution < 1.29 is 4.79 Å². The number of rotatable bonds is 7. The molecule has 0 aliphatic heterocycles. The lowest BCUT2D eigenvalue weighted by molar-refractivity contribution is 0.0944. The van der Waals surface area contributed by atoms with Crippen molar-refractivity contribution in [2.24, 2.45) is 0 Å². The van der Waals surface area contributed by atoms with Gasteiger partial charge in [0.15, 0.2) is 0 Å². The number of hydrogen-bond donors (Lipinski definition) is 1. The molecule has 0 atom stereocenters. The van der Waals surface area contributed by atoms with Crippen LogP contribution in [0.25, 0.3) is 10.6 Å². The largest absolute Gasteiger partial charge is 0.349 e. The van der Waals surface area contributed by atoms with E-state index in [0.29, 0.717) is 12.2 Å². The molecule has 0 fully saturated rings. The van der Waals surface area contributed by atoms with E-state index in [1.54, 1.807) is 0 Å². The molecule has 0 bridgehead atoms. The molecule has 1 aromatic heterocycles. The van der Waals surface area contributed by atoms with Gasteiger partial charge in [-0.1, -0.05) is 44.2 Å². The van der Waals surface area contributed by atoms with Gasteiger partial charge in [-0.2, -0.15) is 0 Å². The van der Waals surface area contributed by atoms with Crippen molar-refractivity contribution in [1.29, 1.82) is 0 Å². The summed E-state index contributed by atoms with van der Waals surface area (Å²) < 4.78 is 0. The quantitative estimate of drug-likeness (QED) is 0.855. The lowest BCUT2D eigenvalue weighted by Crippen LogP contribution is -2.34. The summed E-state index contributed by atoms with van der Waals surface area (Å²) in [5, 5.41) is 5.62. The van der Waals surface area contributed by atoms with Crippen LogP contribution in [-0.2, 0) is 0 Å². The van der Waals surface area contributed by atoms with Gasteiger partial charge in [0.25, 0.3) is 5.91 Å². The molecular weight excluding hydrogens is 282 g/mol. The first-order chi connectivity index (χ1) is 10.2. The average molecular weight is 303 g/mol. The van der Waals surface area contributed by atoms with Crippen LogP contribution in [0.1, 0.15) is 24.3 Å². The fourth-order valence-corrected chi connectivity index (χ4v) is 2.86. The number of likely N-dealkylation sites (N-methyl/N-ethyl adjacent to an activating group) is 1. The van der Waals surface area contributed by atoms with Gasteiger partial charge in [0, 0.05) is 24.0 Å². The van der Waals surface area contributed by atoms with Gasteiger partial charge in [0.05, 0.1) is 0 Å². The molecule has 1 heterocycles. The van der Waals surface area contributed by atoms with Crippen LogP contribution in [0, 0.1) is 0 Å². The highest BCUT2D eigenvalue weighted by Crippen LogP contribution is 2.23. The maximum Gasteiger partial charge on any atom is 0.270 e. The van der Waals surface area contributed by atoms with Crippen LogP contribution >= 0.6 is 11.3 Å². The third-order valence-electron chi connectivity index (χ3n) is 3.37.